The second-order valence-corrected chi connectivity index (χ2v) is 2.97. The number of methoxy groups -OCH3 is 1. The second-order valence-electron chi connectivity index (χ2n) is 2.97. The number of hydrogen-bond donors (Lipinski definition) is 2. The maximum Gasteiger partial charge on any atom is 0.220 e. The van der Waals surface area contributed by atoms with Crippen molar-refractivity contribution in [1.82, 2.24) is 5.32 Å². The molecule has 0 saturated heterocycles. The minimum atomic E-state index is -0.128. The highest BCUT2D eigenvalue weighted by atomic mass is 16.5. The zero-order valence-corrected chi connectivity index (χ0v) is 8.65. The largest absolute Gasteiger partial charge is 0.504 e. The molecule has 4 heteroatoms. The molecular weight excluding hydrogens is 194 g/mol. The molecule has 0 aromatic heterocycles. The molecule has 0 fully saturated rings. The summed E-state index contributed by atoms with van der Waals surface area (Å²) in [5.74, 6) is 0.367. The Morgan fingerprint density at radius 2 is 2.27 bits per heavy atom. The molecule has 1 aromatic rings. The van der Waals surface area contributed by atoms with Gasteiger partial charge in [-0.2, -0.15) is 0 Å². The topological polar surface area (TPSA) is 58.6 Å². The molecule has 1 aromatic carbocycles. The Hall–Kier alpha value is -1.97. The molecule has 0 bridgehead atoms. The Morgan fingerprint density at radius 3 is 2.87 bits per heavy atom. The van der Waals surface area contributed by atoms with Crippen LogP contribution in [-0.4, -0.2) is 18.1 Å². The maximum absolute atomic E-state index is 10.6. The first-order chi connectivity index (χ1) is 7.13. The van der Waals surface area contributed by atoms with Crippen LogP contribution in [0.3, 0.4) is 0 Å². The summed E-state index contributed by atoms with van der Waals surface area (Å²) in [5, 5.41) is 11.9. The van der Waals surface area contributed by atoms with Crippen LogP contribution in [0.1, 0.15) is 12.5 Å². The normalized spacial score (nSPS) is 10.3. The van der Waals surface area contributed by atoms with Crippen molar-refractivity contribution in [3.8, 4) is 11.5 Å². The van der Waals surface area contributed by atoms with E-state index in [-0.39, 0.29) is 11.7 Å². The number of ether oxygens (including phenoxy) is 1. The number of benzene rings is 1. The number of hydrogen-bond acceptors (Lipinski definition) is 3. The van der Waals surface area contributed by atoms with Crippen molar-refractivity contribution in [3.05, 3.63) is 30.0 Å². The minimum absolute atomic E-state index is 0.0918. The zero-order chi connectivity index (χ0) is 11.3. The molecule has 0 aliphatic heterocycles. The summed E-state index contributed by atoms with van der Waals surface area (Å²) in [6.07, 6.45) is 3.25. The number of carbonyl (C=O) groups is 1. The van der Waals surface area contributed by atoms with E-state index in [0.29, 0.717) is 5.75 Å². The summed E-state index contributed by atoms with van der Waals surface area (Å²) >= 11 is 0. The molecule has 0 aliphatic rings. The SMILES string of the molecule is COc1cc(C=CNC(C)=O)ccc1O. The van der Waals surface area contributed by atoms with Crippen LogP contribution in [-0.2, 0) is 4.79 Å². The Bertz CT molecular complexity index is 385. The summed E-state index contributed by atoms with van der Waals surface area (Å²) in [4.78, 5) is 10.6. The van der Waals surface area contributed by atoms with Gasteiger partial charge >= 0.3 is 0 Å². The number of rotatable bonds is 3. The maximum atomic E-state index is 10.6. The van der Waals surface area contributed by atoms with Crippen LogP contribution in [0.4, 0.5) is 0 Å². The molecule has 80 valence electrons. The van der Waals surface area contributed by atoms with Gasteiger partial charge in [0.25, 0.3) is 0 Å². The molecule has 1 amide bonds. The fraction of sp³-hybridized carbons (Fsp3) is 0.182. The van der Waals surface area contributed by atoms with Gasteiger partial charge in [0, 0.05) is 13.1 Å². The average molecular weight is 207 g/mol. The highest BCUT2D eigenvalue weighted by Crippen LogP contribution is 2.26. The minimum Gasteiger partial charge on any atom is -0.504 e. The Labute approximate surface area is 88.2 Å². The number of nitrogens with one attached hydrogen (secondary N) is 1. The first kappa shape index (κ1) is 11.1. The zero-order valence-electron chi connectivity index (χ0n) is 8.65. The molecule has 0 heterocycles. The summed E-state index contributed by atoms with van der Waals surface area (Å²) < 4.78 is 4.94. The van der Waals surface area contributed by atoms with Crippen LogP contribution in [0.5, 0.6) is 11.5 Å². The van der Waals surface area contributed by atoms with Crippen LogP contribution in [0.2, 0.25) is 0 Å². The fourth-order valence-electron chi connectivity index (χ4n) is 1.05. The summed E-state index contributed by atoms with van der Waals surface area (Å²) in [6.45, 7) is 1.43. The second kappa shape index (κ2) is 5.05. The molecule has 0 unspecified atom stereocenters. The van der Waals surface area contributed by atoms with Gasteiger partial charge in [0.2, 0.25) is 5.91 Å². The first-order valence-electron chi connectivity index (χ1n) is 4.44. The van der Waals surface area contributed by atoms with Crippen LogP contribution < -0.4 is 10.1 Å². The molecule has 0 aliphatic carbocycles. The van der Waals surface area contributed by atoms with Gasteiger partial charge < -0.3 is 15.2 Å². The molecule has 0 atom stereocenters. The van der Waals surface area contributed by atoms with E-state index in [1.54, 1.807) is 18.2 Å². The Balaban J connectivity index is 2.78. The van der Waals surface area contributed by atoms with Crippen molar-refractivity contribution in [1.29, 1.82) is 0 Å². The quantitative estimate of drug-likeness (QED) is 0.789. The third-order valence-corrected chi connectivity index (χ3v) is 1.77. The highest BCUT2D eigenvalue weighted by molar-refractivity contribution is 5.75. The molecule has 2 N–H and O–H groups in total. The van der Waals surface area contributed by atoms with Gasteiger partial charge in [-0.15, -0.1) is 0 Å². The van der Waals surface area contributed by atoms with Crippen LogP contribution >= 0.6 is 0 Å². The smallest absolute Gasteiger partial charge is 0.220 e. The van der Waals surface area contributed by atoms with E-state index in [1.165, 1.54) is 26.3 Å². The van der Waals surface area contributed by atoms with E-state index >= 15 is 0 Å². The van der Waals surface area contributed by atoms with Gasteiger partial charge in [-0.3, -0.25) is 4.79 Å². The van der Waals surface area contributed by atoms with Gasteiger partial charge in [0.15, 0.2) is 11.5 Å². The van der Waals surface area contributed by atoms with Crippen molar-refractivity contribution in [2.24, 2.45) is 0 Å². The van der Waals surface area contributed by atoms with Gasteiger partial charge in [-0.1, -0.05) is 6.07 Å². The van der Waals surface area contributed by atoms with Crippen LogP contribution in [0, 0.1) is 0 Å². The lowest BCUT2D eigenvalue weighted by Gasteiger charge is -2.03. The number of phenols is 1. The fourth-order valence-corrected chi connectivity index (χ4v) is 1.05. The number of phenolic OH excluding ortho intramolecular Hbond substituents is 1. The van der Waals surface area contributed by atoms with Crippen molar-refractivity contribution < 1.29 is 14.6 Å². The average Bonchev–Trinajstić information content (AvgIpc) is 2.20. The molecule has 4 nitrogen and oxygen atoms in total. The standard InChI is InChI=1S/C11H13NO3/c1-8(13)12-6-5-9-3-4-10(14)11(7-9)15-2/h3-7,14H,1-2H3,(H,12,13). The van der Waals surface area contributed by atoms with Gasteiger partial charge in [-0.05, 0) is 23.8 Å². The van der Waals surface area contributed by atoms with E-state index in [9.17, 15) is 9.90 Å². The monoisotopic (exact) mass is 207 g/mol. The van der Waals surface area contributed by atoms with Crippen molar-refractivity contribution >= 4 is 12.0 Å². The van der Waals surface area contributed by atoms with Crippen LogP contribution in [0.25, 0.3) is 6.08 Å². The van der Waals surface area contributed by atoms with E-state index < -0.39 is 0 Å². The van der Waals surface area contributed by atoms with E-state index in [0.717, 1.165) is 5.56 Å². The lowest BCUT2D eigenvalue weighted by molar-refractivity contribution is -0.118. The summed E-state index contributed by atoms with van der Waals surface area (Å²) in [6, 6.07) is 4.93. The van der Waals surface area contributed by atoms with Gasteiger partial charge in [-0.25, -0.2) is 0 Å². The summed E-state index contributed by atoms with van der Waals surface area (Å²) in [5.41, 5.74) is 0.832. The molecule has 0 saturated carbocycles. The van der Waals surface area contributed by atoms with E-state index in [4.69, 9.17) is 4.74 Å². The highest BCUT2D eigenvalue weighted by Gasteiger charge is 1.99. The van der Waals surface area contributed by atoms with Gasteiger partial charge in [0.1, 0.15) is 0 Å². The van der Waals surface area contributed by atoms with Crippen molar-refractivity contribution in [2.45, 2.75) is 6.92 Å². The molecular formula is C11H13NO3. The third-order valence-electron chi connectivity index (χ3n) is 1.77. The van der Waals surface area contributed by atoms with Crippen LogP contribution in [0.15, 0.2) is 24.4 Å². The lowest BCUT2D eigenvalue weighted by Crippen LogP contribution is -2.10. The molecule has 1 rings (SSSR count). The predicted molar refractivity (Wildman–Crippen MR) is 57.5 cm³/mol. The predicted octanol–water partition coefficient (Wildman–Crippen LogP) is 1.51. The molecule has 15 heavy (non-hydrogen) atoms. The van der Waals surface area contributed by atoms with E-state index in [2.05, 4.69) is 5.32 Å². The molecule has 0 radical (unpaired) electrons. The van der Waals surface area contributed by atoms with Crippen molar-refractivity contribution in [2.75, 3.05) is 7.11 Å². The third kappa shape index (κ3) is 3.34. The number of aromatic hydroxyl groups is 1. The molecule has 0 spiro atoms. The van der Waals surface area contributed by atoms with Gasteiger partial charge in [0.05, 0.1) is 7.11 Å². The summed E-state index contributed by atoms with van der Waals surface area (Å²) in [7, 11) is 1.48. The Morgan fingerprint density at radius 1 is 1.53 bits per heavy atom. The van der Waals surface area contributed by atoms with Crippen molar-refractivity contribution in [3.63, 3.8) is 0 Å². The number of carbonyl (C=O) groups excluding carboxylic acids is 1. The first-order valence-corrected chi connectivity index (χ1v) is 4.44. The number of amides is 1. The Kier molecular flexibility index (Phi) is 3.74. The lowest BCUT2D eigenvalue weighted by atomic mass is 10.2. The van der Waals surface area contributed by atoms with E-state index in [1.807, 2.05) is 0 Å².